The van der Waals surface area contributed by atoms with Gasteiger partial charge in [0.25, 0.3) is 5.91 Å². The van der Waals surface area contributed by atoms with Gasteiger partial charge in [0.05, 0.1) is 19.3 Å². The number of anilines is 1. The Morgan fingerprint density at radius 3 is 2.64 bits per heavy atom. The largest absolute Gasteiger partial charge is 0.379 e. The predicted octanol–water partition coefficient (Wildman–Crippen LogP) is 3.14. The summed E-state index contributed by atoms with van der Waals surface area (Å²) in [4.78, 5) is 17.3. The summed E-state index contributed by atoms with van der Waals surface area (Å²) in [5.74, 6) is -0.0733. The van der Waals surface area contributed by atoms with Crippen LogP contribution in [0.2, 0.25) is 5.02 Å². The molecule has 4 rings (SSSR count). The van der Waals surface area contributed by atoms with Crippen molar-refractivity contribution < 1.29 is 9.53 Å². The van der Waals surface area contributed by atoms with Gasteiger partial charge in [-0.25, -0.2) is 0 Å². The van der Waals surface area contributed by atoms with E-state index >= 15 is 0 Å². The summed E-state index contributed by atoms with van der Waals surface area (Å²) in [6.45, 7) is 4.84. The van der Waals surface area contributed by atoms with Crippen LogP contribution in [0.3, 0.4) is 0 Å². The molecular formula is C22H26ClN3O2. The Morgan fingerprint density at radius 1 is 1.14 bits per heavy atom. The number of likely N-dealkylation sites (N-methyl/N-ethyl adjacent to an activating group) is 1. The molecule has 1 atom stereocenters. The van der Waals surface area contributed by atoms with Gasteiger partial charge in [-0.3, -0.25) is 9.69 Å². The number of halogens is 1. The standard InChI is InChI=1S/C22H26ClN3O2/c1-25-9-8-18-14-17(4-7-20(18)25)21(26-10-12-28-13-11-26)15-24-22(27)16-2-5-19(23)6-3-16/h2-7,14,21H,8-13,15H2,1H3,(H,24,27)/t21-/m1/s1. The average Bonchev–Trinajstić information content (AvgIpc) is 3.10. The smallest absolute Gasteiger partial charge is 0.251 e. The molecular weight excluding hydrogens is 374 g/mol. The molecule has 2 aliphatic heterocycles. The molecule has 2 aliphatic rings. The van der Waals surface area contributed by atoms with Crippen molar-refractivity contribution in [2.75, 3.05) is 51.3 Å². The third kappa shape index (κ3) is 4.17. The van der Waals surface area contributed by atoms with Crippen molar-refractivity contribution >= 4 is 23.2 Å². The van der Waals surface area contributed by atoms with Crippen molar-refractivity contribution in [3.8, 4) is 0 Å². The molecule has 0 aliphatic carbocycles. The van der Waals surface area contributed by atoms with Crippen LogP contribution >= 0.6 is 11.6 Å². The second-order valence-electron chi connectivity index (χ2n) is 7.44. The van der Waals surface area contributed by atoms with Gasteiger partial charge in [-0.15, -0.1) is 0 Å². The summed E-state index contributed by atoms with van der Waals surface area (Å²) >= 11 is 5.93. The van der Waals surface area contributed by atoms with Gasteiger partial charge in [-0.2, -0.15) is 0 Å². The lowest BCUT2D eigenvalue weighted by Crippen LogP contribution is -2.43. The zero-order valence-corrected chi connectivity index (χ0v) is 16.9. The van der Waals surface area contributed by atoms with Crippen LogP contribution in [0.15, 0.2) is 42.5 Å². The number of ether oxygens (including phenoxy) is 1. The fraction of sp³-hybridized carbons (Fsp3) is 0.409. The lowest BCUT2D eigenvalue weighted by atomic mass is 10.00. The first kappa shape index (κ1) is 19.2. The number of fused-ring (bicyclic) bond motifs is 1. The van der Waals surface area contributed by atoms with Crippen LogP contribution in [-0.2, 0) is 11.2 Å². The molecule has 1 saturated heterocycles. The zero-order chi connectivity index (χ0) is 19.5. The minimum absolute atomic E-state index is 0.0733. The van der Waals surface area contributed by atoms with Crippen LogP contribution in [0.1, 0.15) is 27.5 Å². The van der Waals surface area contributed by atoms with Gasteiger partial charge in [-0.1, -0.05) is 23.7 Å². The molecule has 2 heterocycles. The molecule has 5 nitrogen and oxygen atoms in total. The normalized spacial score (nSPS) is 18.0. The molecule has 0 saturated carbocycles. The van der Waals surface area contributed by atoms with E-state index in [0.29, 0.717) is 17.1 Å². The van der Waals surface area contributed by atoms with E-state index < -0.39 is 0 Å². The Bertz CT molecular complexity index is 834. The monoisotopic (exact) mass is 399 g/mol. The summed E-state index contributed by atoms with van der Waals surface area (Å²) in [5, 5.41) is 3.75. The first-order valence-corrected chi connectivity index (χ1v) is 10.2. The first-order valence-electron chi connectivity index (χ1n) is 9.81. The molecule has 148 valence electrons. The Balaban J connectivity index is 1.52. The molecule has 28 heavy (non-hydrogen) atoms. The highest BCUT2D eigenvalue weighted by Gasteiger charge is 2.25. The number of rotatable bonds is 5. The van der Waals surface area contributed by atoms with E-state index in [1.165, 1.54) is 16.8 Å². The van der Waals surface area contributed by atoms with Crippen molar-refractivity contribution in [3.63, 3.8) is 0 Å². The summed E-state index contributed by atoms with van der Waals surface area (Å²) in [5.41, 5.74) is 4.59. The van der Waals surface area contributed by atoms with Gasteiger partial charge < -0.3 is 15.0 Å². The van der Waals surface area contributed by atoms with E-state index in [0.717, 1.165) is 39.3 Å². The van der Waals surface area contributed by atoms with E-state index in [1.807, 2.05) is 0 Å². The number of hydrogen-bond acceptors (Lipinski definition) is 4. The maximum Gasteiger partial charge on any atom is 0.251 e. The van der Waals surface area contributed by atoms with Crippen LogP contribution < -0.4 is 10.2 Å². The molecule has 0 bridgehead atoms. The van der Waals surface area contributed by atoms with E-state index in [9.17, 15) is 4.79 Å². The highest BCUT2D eigenvalue weighted by atomic mass is 35.5. The molecule has 0 unspecified atom stereocenters. The second kappa shape index (κ2) is 8.52. The fourth-order valence-corrected chi connectivity index (χ4v) is 4.16. The second-order valence-corrected chi connectivity index (χ2v) is 7.88. The zero-order valence-electron chi connectivity index (χ0n) is 16.2. The highest BCUT2D eigenvalue weighted by Crippen LogP contribution is 2.31. The van der Waals surface area contributed by atoms with Gasteiger partial charge in [-0.05, 0) is 47.9 Å². The van der Waals surface area contributed by atoms with Gasteiger partial charge in [0.15, 0.2) is 0 Å². The third-order valence-corrected chi connectivity index (χ3v) is 5.92. The number of carbonyl (C=O) groups excluding carboxylic acids is 1. The lowest BCUT2D eigenvalue weighted by Gasteiger charge is -2.35. The van der Waals surface area contributed by atoms with Crippen LogP contribution in [0.25, 0.3) is 0 Å². The molecule has 0 radical (unpaired) electrons. The maximum atomic E-state index is 12.6. The molecule has 2 aromatic carbocycles. The number of hydrogen-bond donors (Lipinski definition) is 1. The van der Waals surface area contributed by atoms with Crippen LogP contribution in [0.4, 0.5) is 5.69 Å². The molecule has 0 spiro atoms. The van der Waals surface area contributed by atoms with Gasteiger partial charge in [0.1, 0.15) is 0 Å². The molecule has 1 N–H and O–H groups in total. The fourth-order valence-electron chi connectivity index (χ4n) is 4.03. The molecule has 6 heteroatoms. The minimum Gasteiger partial charge on any atom is -0.379 e. The Kier molecular flexibility index (Phi) is 5.85. The molecule has 1 fully saturated rings. The van der Waals surface area contributed by atoms with E-state index in [4.69, 9.17) is 16.3 Å². The average molecular weight is 400 g/mol. The van der Waals surface area contributed by atoms with E-state index in [-0.39, 0.29) is 11.9 Å². The summed E-state index contributed by atoms with van der Waals surface area (Å²) in [6, 6.07) is 13.9. The summed E-state index contributed by atoms with van der Waals surface area (Å²) < 4.78 is 5.53. The Labute approximate surface area is 171 Å². The summed E-state index contributed by atoms with van der Waals surface area (Å²) in [7, 11) is 2.14. The molecule has 2 aromatic rings. The van der Waals surface area contributed by atoms with E-state index in [1.54, 1.807) is 24.3 Å². The first-order chi connectivity index (χ1) is 13.6. The quantitative estimate of drug-likeness (QED) is 0.839. The van der Waals surface area contributed by atoms with Crippen molar-refractivity contribution in [2.24, 2.45) is 0 Å². The SMILES string of the molecule is CN1CCc2cc([C@@H](CNC(=O)c3ccc(Cl)cc3)N3CCOCC3)ccc21. The van der Waals surface area contributed by atoms with Gasteiger partial charge in [0.2, 0.25) is 0 Å². The van der Waals surface area contributed by atoms with Crippen molar-refractivity contribution in [2.45, 2.75) is 12.5 Å². The maximum absolute atomic E-state index is 12.6. The van der Waals surface area contributed by atoms with Gasteiger partial charge >= 0.3 is 0 Å². The number of benzene rings is 2. The summed E-state index contributed by atoms with van der Waals surface area (Å²) in [6.07, 6.45) is 1.08. The minimum atomic E-state index is -0.0733. The highest BCUT2D eigenvalue weighted by molar-refractivity contribution is 6.30. The van der Waals surface area contributed by atoms with Crippen molar-refractivity contribution in [1.82, 2.24) is 10.2 Å². The number of morpholine rings is 1. The van der Waals surface area contributed by atoms with Crippen LogP contribution in [-0.4, -0.2) is 57.2 Å². The topological polar surface area (TPSA) is 44.8 Å². The van der Waals surface area contributed by atoms with Crippen LogP contribution in [0, 0.1) is 0 Å². The Hall–Kier alpha value is -2.08. The number of nitrogens with one attached hydrogen (secondary N) is 1. The van der Waals surface area contributed by atoms with E-state index in [2.05, 4.69) is 40.4 Å². The molecule has 1 amide bonds. The lowest BCUT2D eigenvalue weighted by molar-refractivity contribution is 0.0162. The number of amides is 1. The number of carbonyl (C=O) groups is 1. The van der Waals surface area contributed by atoms with Crippen molar-refractivity contribution in [3.05, 3.63) is 64.2 Å². The van der Waals surface area contributed by atoms with Gasteiger partial charge in [0, 0.05) is 49.5 Å². The number of nitrogens with zero attached hydrogens (tertiary/aromatic N) is 2. The molecule has 0 aromatic heterocycles. The van der Waals surface area contributed by atoms with Crippen molar-refractivity contribution in [1.29, 1.82) is 0 Å². The Morgan fingerprint density at radius 2 is 1.89 bits per heavy atom. The third-order valence-electron chi connectivity index (χ3n) is 5.66. The van der Waals surface area contributed by atoms with Crippen LogP contribution in [0.5, 0.6) is 0 Å². The predicted molar refractivity (Wildman–Crippen MR) is 112 cm³/mol.